The number of benzene rings is 2. The van der Waals surface area contributed by atoms with Gasteiger partial charge in [0, 0.05) is 30.5 Å². The lowest BCUT2D eigenvalue weighted by Gasteiger charge is -2.35. The van der Waals surface area contributed by atoms with E-state index in [0.717, 1.165) is 54.1 Å². The van der Waals surface area contributed by atoms with Gasteiger partial charge in [0.1, 0.15) is 17.4 Å². The van der Waals surface area contributed by atoms with E-state index in [1.165, 1.54) is 10.6 Å². The Morgan fingerprint density at radius 1 is 1.06 bits per heavy atom. The van der Waals surface area contributed by atoms with Crippen LogP contribution in [0.4, 0.5) is 4.39 Å². The third-order valence-corrected chi connectivity index (χ3v) is 7.46. The van der Waals surface area contributed by atoms with Crippen molar-refractivity contribution in [3.8, 4) is 16.8 Å². The van der Waals surface area contributed by atoms with Crippen LogP contribution in [-0.2, 0) is 11.2 Å². The summed E-state index contributed by atoms with van der Waals surface area (Å²) in [5.74, 6) is 1.84. The van der Waals surface area contributed by atoms with Gasteiger partial charge in [-0.05, 0) is 84.7 Å². The molecule has 6 rings (SSSR count). The summed E-state index contributed by atoms with van der Waals surface area (Å²) in [6.45, 7) is 0. The van der Waals surface area contributed by atoms with Crippen molar-refractivity contribution in [1.29, 1.82) is 0 Å². The summed E-state index contributed by atoms with van der Waals surface area (Å²) in [5, 5.41) is 7.79. The molecule has 4 aromatic rings. The number of carbonyl (C=O) groups is 1. The Balaban J connectivity index is 1.16. The molecule has 2 aliphatic carbocycles. The number of halogens is 1. The predicted molar refractivity (Wildman–Crippen MR) is 128 cm³/mol. The van der Waals surface area contributed by atoms with Crippen LogP contribution in [-0.4, -0.2) is 25.5 Å². The number of nitrogens with zero attached hydrogens (tertiary/aromatic N) is 2. The van der Waals surface area contributed by atoms with Gasteiger partial charge in [-0.25, -0.2) is 18.9 Å². The molecule has 2 aliphatic rings. The second-order valence-electron chi connectivity index (χ2n) is 9.91. The third kappa shape index (κ3) is 4.00. The lowest BCUT2D eigenvalue weighted by Crippen LogP contribution is -2.28. The Kier molecular flexibility index (Phi) is 5.20. The topological polar surface area (TPSA) is 83.5 Å². The quantitative estimate of drug-likeness (QED) is 0.382. The molecule has 0 unspecified atom stereocenters. The second kappa shape index (κ2) is 8.38. The van der Waals surface area contributed by atoms with Crippen LogP contribution in [0.1, 0.15) is 44.3 Å². The molecule has 2 heterocycles. The van der Waals surface area contributed by atoms with Crippen LogP contribution in [0.25, 0.3) is 27.7 Å². The molecule has 0 aliphatic heterocycles. The van der Waals surface area contributed by atoms with Gasteiger partial charge < -0.3 is 4.98 Å². The molecule has 34 heavy (non-hydrogen) atoms. The number of rotatable bonds is 8. The van der Waals surface area contributed by atoms with Crippen molar-refractivity contribution in [2.45, 2.75) is 44.9 Å². The Bertz CT molecular complexity index is 1420. The van der Waals surface area contributed by atoms with E-state index in [0.29, 0.717) is 42.2 Å². The molecule has 7 heteroatoms. The van der Waals surface area contributed by atoms with Crippen molar-refractivity contribution in [2.24, 2.45) is 17.8 Å². The molecule has 6 nitrogen and oxygen atoms in total. The first-order chi connectivity index (χ1) is 16.5. The molecular formula is C27H27FN4O2. The Morgan fingerprint density at radius 2 is 1.85 bits per heavy atom. The van der Waals surface area contributed by atoms with Crippen LogP contribution in [0.5, 0.6) is 0 Å². The smallest absolute Gasteiger partial charge is 0.348 e. The van der Waals surface area contributed by atoms with Crippen molar-refractivity contribution < 1.29 is 9.18 Å². The highest BCUT2D eigenvalue weighted by atomic mass is 19.1. The normalized spacial score (nSPS) is 19.9. The van der Waals surface area contributed by atoms with E-state index in [2.05, 4.69) is 15.2 Å². The fourth-order valence-corrected chi connectivity index (χ4v) is 5.30. The van der Waals surface area contributed by atoms with Crippen molar-refractivity contribution in [2.75, 3.05) is 0 Å². The molecule has 0 atom stereocenters. The SMILES string of the molecule is O=C(CCC1CC(Cc2n[nH]c(=O)n2-c2ccc(-c3ccc4cc[nH]c4c3)cc2F)C1)C1CC1. The fraction of sp³-hybridized carbons (Fsp3) is 0.370. The van der Waals surface area contributed by atoms with E-state index in [1.54, 1.807) is 6.07 Å². The summed E-state index contributed by atoms with van der Waals surface area (Å²) in [4.78, 5) is 27.6. The lowest BCUT2D eigenvalue weighted by atomic mass is 9.71. The van der Waals surface area contributed by atoms with Crippen molar-refractivity contribution >= 4 is 16.7 Å². The Morgan fingerprint density at radius 3 is 2.65 bits per heavy atom. The number of hydrogen-bond donors (Lipinski definition) is 2. The summed E-state index contributed by atoms with van der Waals surface area (Å²) in [6.07, 6.45) is 8.36. The number of nitrogens with one attached hydrogen (secondary N) is 2. The summed E-state index contributed by atoms with van der Waals surface area (Å²) >= 11 is 0. The van der Waals surface area contributed by atoms with Gasteiger partial charge in [0.2, 0.25) is 0 Å². The molecule has 2 N–H and O–H groups in total. The highest BCUT2D eigenvalue weighted by molar-refractivity contribution is 5.85. The van der Waals surface area contributed by atoms with Gasteiger partial charge in [-0.2, -0.15) is 5.10 Å². The summed E-state index contributed by atoms with van der Waals surface area (Å²) in [5.41, 5.74) is 2.43. The zero-order valence-electron chi connectivity index (χ0n) is 18.9. The number of Topliss-reactive ketones (excluding diaryl/α,β-unsaturated/α-hetero) is 1. The fourth-order valence-electron chi connectivity index (χ4n) is 5.30. The van der Waals surface area contributed by atoms with E-state index in [4.69, 9.17) is 0 Å². The minimum Gasteiger partial charge on any atom is -0.361 e. The number of H-pyrrole nitrogens is 2. The second-order valence-corrected chi connectivity index (χ2v) is 9.91. The molecule has 2 aromatic carbocycles. The monoisotopic (exact) mass is 458 g/mol. The minimum absolute atomic E-state index is 0.212. The maximum atomic E-state index is 15.2. The first-order valence-corrected chi connectivity index (χ1v) is 12.1. The molecule has 2 aromatic heterocycles. The lowest BCUT2D eigenvalue weighted by molar-refractivity contribution is -0.120. The number of ketones is 1. The Labute approximate surface area is 196 Å². The van der Waals surface area contributed by atoms with Gasteiger partial charge >= 0.3 is 5.69 Å². The van der Waals surface area contributed by atoms with E-state index in [9.17, 15) is 9.59 Å². The maximum Gasteiger partial charge on any atom is 0.348 e. The largest absolute Gasteiger partial charge is 0.361 e. The van der Waals surface area contributed by atoms with Gasteiger partial charge in [-0.1, -0.05) is 18.2 Å². The zero-order chi connectivity index (χ0) is 23.2. The van der Waals surface area contributed by atoms with Crippen molar-refractivity contribution in [3.05, 3.63) is 70.8 Å². The minimum atomic E-state index is -0.459. The van der Waals surface area contributed by atoms with Gasteiger partial charge in [0.25, 0.3) is 0 Å². The van der Waals surface area contributed by atoms with Crippen LogP contribution >= 0.6 is 0 Å². The van der Waals surface area contributed by atoms with Crippen LogP contribution in [0.3, 0.4) is 0 Å². The van der Waals surface area contributed by atoms with Gasteiger partial charge in [-0.15, -0.1) is 0 Å². The highest BCUT2D eigenvalue weighted by Crippen LogP contribution is 2.40. The molecule has 174 valence electrons. The van der Waals surface area contributed by atoms with E-state index in [-0.39, 0.29) is 5.69 Å². The molecule has 0 saturated heterocycles. The van der Waals surface area contributed by atoms with Crippen LogP contribution in [0.2, 0.25) is 0 Å². The molecule has 2 fully saturated rings. The van der Waals surface area contributed by atoms with Gasteiger partial charge in [-0.3, -0.25) is 4.79 Å². The standard InChI is InChI=1S/C27H27FN4O2/c28-22-14-20(21-5-2-18-9-10-29-23(18)15-21)6-7-24(22)32-26(30-31-27(32)34)13-17-11-16(12-17)1-8-25(33)19-3-4-19/h2,5-7,9-10,14-17,19,29H,1,3-4,8,11-13H2,(H,31,34). The highest BCUT2D eigenvalue weighted by Gasteiger charge is 2.33. The molecule has 2 saturated carbocycles. The molecular weight excluding hydrogens is 431 g/mol. The van der Waals surface area contributed by atoms with Crippen LogP contribution in [0.15, 0.2) is 53.5 Å². The first kappa shape index (κ1) is 21.1. The van der Waals surface area contributed by atoms with Crippen molar-refractivity contribution in [3.63, 3.8) is 0 Å². The van der Waals surface area contributed by atoms with Gasteiger partial charge in [0.05, 0.1) is 5.69 Å². The van der Waals surface area contributed by atoms with Gasteiger partial charge in [0.15, 0.2) is 0 Å². The maximum absolute atomic E-state index is 15.2. The predicted octanol–water partition coefficient (Wildman–Crippen LogP) is 5.18. The number of hydrogen-bond acceptors (Lipinski definition) is 3. The van der Waals surface area contributed by atoms with Crippen LogP contribution in [0, 0.1) is 23.6 Å². The molecule has 0 amide bonds. The van der Waals surface area contributed by atoms with Crippen molar-refractivity contribution in [1.82, 2.24) is 19.7 Å². The molecule has 0 spiro atoms. The number of aromatic nitrogens is 4. The summed E-state index contributed by atoms with van der Waals surface area (Å²) in [6, 6.07) is 12.9. The number of carbonyl (C=O) groups excluding carboxylic acids is 1. The Hall–Kier alpha value is -3.48. The molecule has 0 bridgehead atoms. The summed E-state index contributed by atoms with van der Waals surface area (Å²) < 4.78 is 16.6. The average Bonchev–Trinajstić information content (AvgIpc) is 3.45. The number of fused-ring (bicyclic) bond motifs is 1. The van der Waals surface area contributed by atoms with E-state index in [1.807, 2.05) is 36.5 Å². The number of aromatic amines is 2. The first-order valence-electron chi connectivity index (χ1n) is 12.1. The average molecular weight is 459 g/mol. The van der Waals surface area contributed by atoms with Crippen LogP contribution < -0.4 is 5.69 Å². The van der Waals surface area contributed by atoms with E-state index < -0.39 is 11.5 Å². The molecule has 0 radical (unpaired) electrons. The third-order valence-electron chi connectivity index (χ3n) is 7.46. The van der Waals surface area contributed by atoms with E-state index >= 15 is 4.39 Å². The summed E-state index contributed by atoms with van der Waals surface area (Å²) in [7, 11) is 0. The zero-order valence-corrected chi connectivity index (χ0v) is 18.9.